The summed E-state index contributed by atoms with van der Waals surface area (Å²) in [5, 5.41) is 0. The number of aryl methyl sites for hydroxylation is 1. The minimum absolute atomic E-state index is 0.00580. The third-order valence-electron chi connectivity index (χ3n) is 5.13. The van der Waals surface area contributed by atoms with E-state index < -0.39 is 10.0 Å². The highest BCUT2D eigenvalue weighted by Gasteiger charge is 2.30. The predicted octanol–water partition coefficient (Wildman–Crippen LogP) is 0.938. The van der Waals surface area contributed by atoms with Gasteiger partial charge in [-0.25, -0.2) is 8.42 Å². The number of ether oxygens (including phenoxy) is 1. The molecule has 8 heteroatoms. The summed E-state index contributed by atoms with van der Waals surface area (Å²) < 4.78 is 32.7. The zero-order valence-corrected chi connectivity index (χ0v) is 16.3. The molecule has 1 fully saturated rings. The van der Waals surface area contributed by atoms with Crippen LogP contribution < -0.4 is 4.90 Å². The molecule has 2 aliphatic rings. The number of fused-ring (bicyclic) bond motifs is 1. The molecule has 0 unspecified atom stereocenters. The molecule has 1 aromatic rings. The van der Waals surface area contributed by atoms with Crippen molar-refractivity contribution in [2.45, 2.75) is 24.7 Å². The Morgan fingerprint density at radius 3 is 2.54 bits per heavy atom. The Bertz CT molecular complexity index is 758. The summed E-state index contributed by atoms with van der Waals surface area (Å²) >= 11 is 0. The van der Waals surface area contributed by atoms with Gasteiger partial charge in [0.05, 0.1) is 11.5 Å². The number of methoxy groups -OCH3 is 1. The van der Waals surface area contributed by atoms with Gasteiger partial charge in [-0.15, -0.1) is 0 Å². The molecular formula is C18H27N3O4S. The van der Waals surface area contributed by atoms with Crippen LogP contribution >= 0.6 is 0 Å². The highest BCUT2D eigenvalue weighted by atomic mass is 32.2. The molecule has 2 heterocycles. The molecule has 0 saturated carbocycles. The Hall–Kier alpha value is -1.48. The quantitative estimate of drug-likeness (QED) is 0.759. The SMILES string of the molecule is COCCN1CCN(S(=O)(=O)c2ccc3c(c2)CCCN3C(C)=O)CC1. The minimum atomic E-state index is -3.51. The molecule has 1 saturated heterocycles. The first kappa shape index (κ1) is 19.3. The molecule has 0 bridgehead atoms. The number of hydrogen-bond donors (Lipinski definition) is 0. The summed E-state index contributed by atoms with van der Waals surface area (Å²) in [6.07, 6.45) is 1.65. The van der Waals surface area contributed by atoms with Crippen LogP contribution in [0.15, 0.2) is 23.1 Å². The van der Waals surface area contributed by atoms with E-state index >= 15 is 0 Å². The van der Waals surface area contributed by atoms with Crippen molar-refractivity contribution in [1.29, 1.82) is 0 Å². The number of amides is 1. The first-order valence-electron chi connectivity index (χ1n) is 9.06. The largest absolute Gasteiger partial charge is 0.383 e. The molecule has 0 spiro atoms. The number of benzene rings is 1. The lowest BCUT2D eigenvalue weighted by Crippen LogP contribution is -2.49. The molecule has 0 aliphatic carbocycles. The van der Waals surface area contributed by atoms with Gasteiger partial charge in [-0.05, 0) is 36.6 Å². The maximum Gasteiger partial charge on any atom is 0.243 e. The van der Waals surface area contributed by atoms with E-state index in [0.717, 1.165) is 30.6 Å². The van der Waals surface area contributed by atoms with Gasteiger partial charge in [-0.2, -0.15) is 4.31 Å². The fraction of sp³-hybridized carbons (Fsp3) is 0.611. The molecular weight excluding hydrogens is 354 g/mol. The lowest BCUT2D eigenvalue weighted by molar-refractivity contribution is -0.116. The van der Waals surface area contributed by atoms with E-state index in [1.165, 1.54) is 0 Å². The van der Waals surface area contributed by atoms with Gasteiger partial charge in [0.25, 0.3) is 0 Å². The first-order chi connectivity index (χ1) is 12.4. The van der Waals surface area contributed by atoms with Crippen LogP contribution in [0.5, 0.6) is 0 Å². The van der Waals surface area contributed by atoms with Crippen molar-refractivity contribution in [2.24, 2.45) is 0 Å². The molecule has 144 valence electrons. The number of rotatable bonds is 5. The van der Waals surface area contributed by atoms with Gasteiger partial charge in [-0.3, -0.25) is 9.69 Å². The summed E-state index contributed by atoms with van der Waals surface area (Å²) in [7, 11) is -1.83. The second kappa shape index (κ2) is 8.04. The Morgan fingerprint density at radius 1 is 1.15 bits per heavy atom. The molecule has 0 aromatic heterocycles. The predicted molar refractivity (Wildman–Crippen MR) is 99.9 cm³/mol. The van der Waals surface area contributed by atoms with Gasteiger partial charge in [0, 0.05) is 59.0 Å². The second-order valence-corrected chi connectivity index (χ2v) is 8.74. The fourth-order valence-corrected chi connectivity index (χ4v) is 5.10. The fourth-order valence-electron chi connectivity index (χ4n) is 3.62. The van der Waals surface area contributed by atoms with E-state index in [4.69, 9.17) is 4.74 Å². The van der Waals surface area contributed by atoms with Crippen LogP contribution in [0.25, 0.3) is 0 Å². The van der Waals surface area contributed by atoms with Crippen LogP contribution in [-0.4, -0.2) is 76.5 Å². The van der Waals surface area contributed by atoms with Gasteiger partial charge >= 0.3 is 0 Å². The number of piperazine rings is 1. The molecule has 26 heavy (non-hydrogen) atoms. The topological polar surface area (TPSA) is 70.2 Å². The Labute approximate surface area is 155 Å². The molecule has 1 amide bonds. The second-order valence-electron chi connectivity index (χ2n) is 6.80. The zero-order chi connectivity index (χ0) is 18.7. The summed E-state index contributed by atoms with van der Waals surface area (Å²) in [5.41, 5.74) is 1.78. The number of sulfonamides is 1. The lowest BCUT2D eigenvalue weighted by Gasteiger charge is -2.34. The Morgan fingerprint density at radius 2 is 1.88 bits per heavy atom. The summed E-state index contributed by atoms with van der Waals surface area (Å²) in [4.78, 5) is 16.0. The van der Waals surface area contributed by atoms with Crippen LogP contribution in [0.1, 0.15) is 18.9 Å². The average molecular weight is 381 g/mol. The zero-order valence-electron chi connectivity index (χ0n) is 15.5. The number of anilines is 1. The maximum absolute atomic E-state index is 13.0. The standard InChI is InChI=1S/C18H27N3O4S/c1-15(22)21-7-3-4-16-14-17(5-6-18(16)21)26(23,24)20-10-8-19(9-11-20)12-13-25-2/h5-6,14H,3-4,7-13H2,1-2H3. The number of carbonyl (C=O) groups is 1. The highest BCUT2D eigenvalue weighted by molar-refractivity contribution is 7.89. The van der Waals surface area contributed by atoms with Crippen LogP contribution in [0.2, 0.25) is 0 Å². The summed E-state index contributed by atoms with van der Waals surface area (Å²) in [6.45, 7) is 6.12. The van der Waals surface area contributed by atoms with Crippen molar-refractivity contribution in [1.82, 2.24) is 9.21 Å². The highest BCUT2D eigenvalue weighted by Crippen LogP contribution is 2.30. The van der Waals surface area contributed by atoms with Gasteiger partial charge in [0.15, 0.2) is 0 Å². The van der Waals surface area contributed by atoms with Gasteiger partial charge in [0.2, 0.25) is 15.9 Å². The molecule has 0 N–H and O–H groups in total. The van der Waals surface area contributed by atoms with Crippen LogP contribution in [-0.2, 0) is 26.0 Å². The number of carbonyl (C=O) groups excluding carboxylic acids is 1. The Kier molecular flexibility index (Phi) is 5.96. The van der Waals surface area contributed by atoms with Crippen LogP contribution in [0.3, 0.4) is 0 Å². The summed E-state index contributed by atoms with van der Waals surface area (Å²) in [6, 6.07) is 5.15. The third-order valence-corrected chi connectivity index (χ3v) is 7.03. The monoisotopic (exact) mass is 381 g/mol. The lowest BCUT2D eigenvalue weighted by atomic mass is 10.0. The molecule has 0 atom stereocenters. The van der Waals surface area contributed by atoms with Crippen molar-refractivity contribution in [3.8, 4) is 0 Å². The van der Waals surface area contributed by atoms with E-state index in [0.29, 0.717) is 44.2 Å². The van der Waals surface area contributed by atoms with Gasteiger partial charge < -0.3 is 9.64 Å². The summed E-state index contributed by atoms with van der Waals surface area (Å²) in [5.74, 6) is -0.00580. The number of nitrogens with zero attached hydrogens (tertiary/aromatic N) is 3. The molecule has 7 nitrogen and oxygen atoms in total. The van der Waals surface area contributed by atoms with E-state index in [1.54, 1.807) is 41.4 Å². The van der Waals surface area contributed by atoms with E-state index in [-0.39, 0.29) is 5.91 Å². The third kappa shape index (κ3) is 3.93. The van der Waals surface area contributed by atoms with Crippen molar-refractivity contribution in [2.75, 3.05) is 57.9 Å². The van der Waals surface area contributed by atoms with Gasteiger partial charge in [-0.1, -0.05) is 0 Å². The average Bonchev–Trinajstić information content (AvgIpc) is 2.65. The van der Waals surface area contributed by atoms with Crippen LogP contribution in [0.4, 0.5) is 5.69 Å². The smallest absolute Gasteiger partial charge is 0.243 e. The minimum Gasteiger partial charge on any atom is -0.383 e. The van der Waals surface area contributed by atoms with E-state index in [9.17, 15) is 13.2 Å². The Balaban J connectivity index is 1.75. The maximum atomic E-state index is 13.0. The first-order valence-corrected chi connectivity index (χ1v) is 10.5. The van der Waals surface area contributed by atoms with E-state index in [1.807, 2.05) is 0 Å². The normalized spacial score (nSPS) is 19.4. The van der Waals surface area contributed by atoms with Crippen LogP contribution in [0, 0.1) is 0 Å². The molecule has 2 aliphatic heterocycles. The van der Waals surface area contributed by atoms with E-state index in [2.05, 4.69) is 4.90 Å². The molecule has 1 aromatic carbocycles. The van der Waals surface area contributed by atoms with Crippen molar-refractivity contribution < 1.29 is 17.9 Å². The number of hydrogen-bond acceptors (Lipinski definition) is 5. The molecule has 3 rings (SSSR count). The van der Waals surface area contributed by atoms with Crippen molar-refractivity contribution in [3.63, 3.8) is 0 Å². The molecule has 0 radical (unpaired) electrons. The van der Waals surface area contributed by atoms with Crippen molar-refractivity contribution >= 4 is 21.6 Å². The van der Waals surface area contributed by atoms with Crippen molar-refractivity contribution in [3.05, 3.63) is 23.8 Å². The van der Waals surface area contributed by atoms with Gasteiger partial charge in [0.1, 0.15) is 0 Å².